The van der Waals surface area contributed by atoms with Crippen LogP contribution in [0, 0.1) is 19.3 Å². The number of rotatable bonds is 6. The van der Waals surface area contributed by atoms with Crippen LogP contribution in [0.15, 0.2) is 47.4 Å². The van der Waals surface area contributed by atoms with Crippen LogP contribution in [-0.4, -0.2) is 38.8 Å². The normalized spacial score (nSPS) is 20.0. The van der Waals surface area contributed by atoms with Crippen LogP contribution in [0.5, 0.6) is 5.75 Å². The van der Waals surface area contributed by atoms with Gasteiger partial charge in [0.2, 0.25) is 15.9 Å². The van der Waals surface area contributed by atoms with Gasteiger partial charge in [0.05, 0.1) is 17.4 Å². The highest BCUT2D eigenvalue weighted by Gasteiger charge is 2.41. The van der Waals surface area contributed by atoms with Crippen molar-refractivity contribution < 1.29 is 17.9 Å². The zero-order valence-corrected chi connectivity index (χ0v) is 18.9. The quantitative estimate of drug-likeness (QED) is 0.762. The third-order valence-corrected chi connectivity index (χ3v) is 7.48. The van der Waals surface area contributed by atoms with Gasteiger partial charge >= 0.3 is 0 Å². The van der Waals surface area contributed by atoms with E-state index in [1.807, 2.05) is 51.1 Å². The van der Waals surface area contributed by atoms with Gasteiger partial charge in [0.25, 0.3) is 0 Å². The molecule has 0 spiro atoms. The maximum absolute atomic E-state index is 13.2. The number of sulfonamides is 1. The molecular formula is C23H30N2O4S. The summed E-state index contributed by atoms with van der Waals surface area (Å²) in [5.74, 6) is 0.634. The van der Waals surface area contributed by atoms with Gasteiger partial charge in [-0.05, 0) is 74.6 Å². The van der Waals surface area contributed by atoms with Gasteiger partial charge < -0.3 is 10.1 Å². The second-order valence-electron chi connectivity index (χ2n) is 8.36. The average molecular weight is 431 g/mol. The van der Waals surface area contributed by atoms with E-state index in [-0.39, 0.29) is 12.5 Å². The molecule has 0 aliphatic carbocycles. The number of carbonyl (C=O) groups excluding carboxylic acids is 1. The Morgan fingerprint density at radius 3 is 2.37 bits per heavy atom. The van der Waals surface area contributed by atoms with Gasteiger partial charge in [0.1, 0.15) is 5.75 Å². The maximum atomic E-state index is 13.2. The molecule has 1 amide bonds. The number of benzene rings is 2. The lowest BCUT2D eigenvalue weighted by atomic mass is 9.82. The van der Waals surface area contributed by atoms with Crippen LogP contribution < -0.4 is 10.1 Å². The van der Waals surface area contributed by atoms with E-state index in [0.29, 0.717) is 30.8 Å². The van der Waals surface area contributed by atoms with Crippen LogP contribution in [0.1, 0.15) is 36.5 Å². The minimum Gasteiger partial charge on any atom is -0.497 e. The molecule has 2 aromatic carbocycles. The molecule has 162 valence electrons. The van der Waals surface area contributed by atoms with Crippen molar-refractivity contribution in [1.82, 2.24) is 9.62 Å². The van der Waals surface area contributed by atoms with Crippen LogP contribution in [0.3, 0.4) is 0 Å². The van der Waals surface area contributed by atoms with Crippen LogP contribution in [0.2, 0.25) is 0 Å². The number of nitrogens with one attached hydrogen (secondary N) is 1. The first kappa shape index (κ1) is 22.3. The summed E-state index contributed by atoms with van der Waals surface area (Å²) in [5.41, 5.74) is 2.01. The van der Waals surface area contributed by atoms with Crippen molar-refractivity contribution in [2.75, 3.05) is 20.2 Å². The number of hydrogen-bond donors (Lipinski definition) is 1. The predicted molar refractivity (Wildman–Crippen MR) is 117 cm³/mol. The van der Waals surface area contributed by atoms with E-state index in [9.17, 15) is 13.2 Å². The fourth-order valence-electron chi connectivity index (χ4n) is 3.95. The third kappa shape index (κ3) is 4.84. The van der Waals surface area contributed by atoms with E-state index in [4.69, 9.17) is 4.74 Å². The molecule has 7 heteroatoms. The van der Waals surface area contributed by atoms with Crippen LogP contribution in [0.4, 0.5) is 0 Å². The molecule has 1 aliphatic heterocycles. The van der Waals surface area contributed by atoms with Crippen molar-refractivity contribution in [3.8, 4) is 5.75 Å². The molecule has 6 nitrogen and oxygen atoms in total. The van der Waals surface area contributed by atoms with E-state index < -0.39 is 15.4 Å². The highest BCUT2D eigenvalue weighted by atomic mass is 32.2. The largest absolute Gasteiger partial charge is 0.497 e. The summed E-state index contributed by atoms with van der Waals surface area (Å²) in [7, 11) is -2.04. The fourth-order valence-corrected chi connectivity index (χ4v) is 5.75. The van der Waals surface area contributed by atoms with E-state index in [1.165, 1.54) is 4.31 Å². The van der Waals surface area contributed by atoms with Gasteiger partial charge in [-0.1, -0.05) is 18.2 Å². The number of amides is 1. The molecule has 30 heavy (non-hydrogen) atoms. The Morgan fingerprint density at radius 2 is 1.77 bits per heavy atom. The molecule has 1 aliphatic rings. The molecule has 1 saturated heterocycles. The summed E-state index contributed by atoms with van der Waals surface area (Å²) in [4.78, 5) is 13.3. The van der Waals surface area contributed by atoms with E-state index in [2.05, 4.69) is 5.32 Å². The monoisotopic (exact) mass is 430 g/mol. The van der Waals surface area contributed by atoms with Gasteiger partial charge in [0.15, 0.2) is 0 Å². The molecular weight excluding hydrogens is 400 g/mol. The Kier molecular flexibility index (Phi) is 6.53. The molecule has 3 rings (SSSR count). The van der Waals surface area contributed by atoms with Gasteiger partial charge in [-0.15, -0.1) is 0 Å². The Bertz CT molecular complexity index is 998. The summed E-state index contributed by atoms with van der Waals surface area (Å²) >= 11 is 0. The smallest absolute Gasteiger partial charge is 0.243 e. The van der Waals surface area contributed by atoms with E-state index in [0.717, 1.165) is 22.4 Å². The van der Waals surface area contributed by atoms with Crippen molar-refractivity contribution in [1.29, 1.82) is 0 Å². The number of piperidine rings is 1. The van der Waals surface area contributed by atoms with Crippen molar-refractivity contribution in [2.24, 2.45) is 5.41 Å². The van der Waals surface area contributed by atoms with Gasteiger partial charge in [-0.2, -0.15) is 4.31 Å². The lowest BCUT2D eigenvalue weighted by Crippen LogP contribution is -2.51. The predicted octanol–water partition coefficient (Wildman–Crippen LogP) is 3.42. The Morgan fingerprint density at radius 1 is 1.13 bits per heavy atom. The molecule has 1 fully saturated rings. The Balaban J connectivity index is 1.72. The van der Waals surface area contributed by atoms with Gasteiger partial charge in [-0.25, -0.2) is 8.42 Å². The zero-order chi connectivity index (χ0) is 21.9. The molecule has 0 aromatic heterocycles. The Hall–Kier alpha value is -2.38. The molecule has 1 N–H and O–H groups in total. The number of hydrogen-bond acceptors (Lipinski definition) is 4. The first-order chi connectivity index (χ1) is 14.1. The first-order valence-corrected chi connectivity index (χ1v) is 11.6. The van der Waals surface area contributed by atoms with Crippen molar-refractivity contribution >= 4 is 15.9 Å². The lowest BCUT2D eigenvalue weighted by molar-refractivity contribution is -0.132. The molecule has 1 atom stereocenters. The Labute approximate surface area is 179 Å². The zero-order valence-electron chi connectivity index (χ0n) is 18.1. The number of methoxy groups -OCH3 is 1. The van der Waals surface area contributed by atoms with Gasteiger partial charge in [0, 0.05) is 19.6 Å². The van der Waals surface area contributed by atoms with Crippen molar-refractivity contribution in [2.45, 2.75) is 45.1 Å². The number of carbonyl (C=O) groups is 1. The summed E-state index contributed by atoms with van der Waals surface area (Å²) < 4.78 is 33.1. The molecule has 0 radical (unpaired) electrons. The third-order valence-electron chi connectivity index (χ3n) is 5.65. The molecule has 1 heterocycles. The van der Waals surface area contributed by atoms with Crippen LogP contribution >= 0.6 is 0 Å². The van der Waals surface area contributed by atoms with Gasteiger partial charge in [-0.3, -0.25) is 4.79 Å². The van der Waals surface area contributed by atoms with Crippen LogP contribution in [0.25, 0.3) is 0 Å². The summed E-state index contributed by atoms with van der Waals surface area (Å²) in [6.45, 7) is 6.62. The summed E-state index contributed by atoms with van der Waals surface area (Å²) in [5, 5.41) is 2.98. The molecule has 0 bridgehead atoms. The fraction of sp³-hybridized carbons (Fsp3) is 0.435. The first-order valence-electron chi connectivity index (χ1n) is 10.1. The second kappa shape index (κ2) is 8.78. The number of ether oxygens (including phenoxy) is 1. The molecule has 0 unspecified atom stereocenters. The lowest BCUT2D eigenvalue weighted by Gasteiger charge is -2.38. The minimum atomic E-state index is -3.65. The maximum Gasteiger partial charge on any atom is 0.243 e. The molecule has 0 saturated carbocycles. The molecule has 2 aromatic rings. The number of aryl methyl sites for hydroxylation is 2. The van der Waals surface area contributed by atoms with E-state index in [1.54, 1.807) is 19.2 Å². The van der Waals surface area contributed by atoms with Crippen LogP contribution in [-0.2, 0) is 21.4 Å². The van der Waals surface area contributed by atoms with Crippen molar-refractivity contribution in [3.63, 3.8) is 0 Å². The summed E-state index contributed by atoms with van der Waals surface area (Å²) in [6, 6.07) is 12.8. The SMILES string of the molecule is COc1ccc(CNC(=O)[C@]2(C)CCCN(S(=O)(=O)c3cc(C)cc(C)c3)C2)cc1. The number of nitrogens with zero attached hydrogens (tertiary/aromatic N) is 1. The average Bonchev–Trinajstić information content (AvgIpc) is 2.71. The second-order valence-corrected chi connectivity index (χ2v) is 10.3. The summed E-state index contributed by atoms with van der Waals surface area (Å²) in [6.07, 6.45) is 1.30. The minimum absolute atomic E-state index is 0.126. The highest BCUT2D eigenvalue weighted by molar-refractivity contribution is 7.89. The standard InChI is InChI=1S/C23H30N2O4S/c1-17-12-18(2)14-21(13-17)30(27,28)25-11-5-10-23(3,16-25)22(26)24-15-19-6-8-20(29-4)9-7-19/h6-9,12-14H,5,10-11,15-16H2,1-4H3,(H,24,26)/t23-/m1/s1. The topological polar surface area (TPSA) is 75.7 Å². The highest BCUT2D eigenvalue weighted by Crippen LogP contribution is 2.33. The van der Waals surface area contributed by atoms with Crippen molar-refractivity contribution in [3.05, 3.63) is 59.2 Å². The van der Waals surface area contributed by atoms with E-state index >= 15 is 0 Å².